The minimum atomic E-state index is -0.0506. The third-order valence-corrected chi connectivity index (χ3v) is 2.25. The van der Waals surface area contributed by atoms with Crippen LogP contribution in [0.3, 0.4) is 0 Å². The smallest absolute Gasteiger partial charge is 0.234 e. The van der Waals surface area contributed by atoms with Crippen molar-refractivity contribution < 1.29 is 9.53 Å². The zero-order valence-electron chi connectivity index (χ0n) is 11.1. The van der Waals surface area contributed by atoms with Gasteiger partial charge in [-0.15, -0.1) is 0 Å². The molecule has 2 N–H and O–H groups in total. The molecule has 0 radical (unpaired) electrons. The van der Waals surface area contributed by atoms with Gasteiger partial charge in [-0.25, -0.2) is 9.97 Å². The van der Waals surface area contributed by atoms with E-state index in [1.54, 1.807) is 13.3 Å². The fourth-order valence-corrected chi connectivity index (χ4v) is 1.53. The molecule has 0 aliphatic heterocycles. The predicted molar refractivity (Wildman–Crippen MR) is 68.0 cm³/mol. The SMILES string of the molecule is COCC(C)NC(=O)CNCc1ccnc(C)n1. The summed E-state index contributed by atoms with van der Waals surface area (Å²) in [6, 6.07) is 1.84. The first-order valence-corrected chi connectivity index (χ1v) is 5.89. The first kappa shape index (κ1) is 14.5. The Morgan fingerprint density at radius 2 is 2.33 bits per heavy atom. The number of amides is 1. The second-order valence-electron chi connectivity index (χ2n) is 4.12. The van der Waals surface area contributed by atoms with E-state index in [0.717, 1.165) is 11.5 Å². The Balaban J connectivity index is 2.23. The normalized spacial score (nSPS) is 12.2. The van der Waals surface area contributed by atoms with Crippen LogP contribution in [0, 0.1) is 6.92 Å². The Hall–Kier alpha value is -1.53. The van der Waals surface area contributed by atoms with E-state index >= 15 is 0 Å². The van der Waals surface area contributed by atoms with E-state index in [1.165, 1.54) is 0 Å². The van der Waals surface area contributed by atoms with Crippen molar-refractivity contribution in [1.29, 1.82) is 0 Å². The summed E-state index contributed by atoms with van der Waals surface area (Å²) in [6.45, 7) is 5.06. The van der Waals surface area contributed by atoms with Gasteiger partial charge in [0.15, 0.2) is 0 Å². The highest BCUT2D eigenvalue weighted by molar-refractivity contribution is 5.78. The third kappa shape index (κ3) is 5.70. The number of nitrogens with zero attached hydrogens (tertiary/aromatic N) is 2. The standard InChI is InChI=1S/C12H20N4O2/c1-9(8-18-3)15-12(17)7-13-6-11-4-5-14-10(2)16-11/h4-5,9,13H,6-8H2,1-3H3,(H,15,17). The average Bonchev–Trinajstić information content (AvgIpc) is 2.29. The topological polar surface area (TPSA) is 76.1 Å². The molecule has 0 spiro atoms. The summed E-state index contributed by atoms with van der Waals surface area (Å²) in [5.41, 5.74) is 0.875. The van der Waals surface area contributed by atoms with E-state index < -0.39 is 0 Å². The second-order valence-corrected chi connectivity index (χ2v) is 4.12. The van der Waals surface area contributed by atoms with E-state index in [2.05, 4.69) is 20.6 Å². The van der Waals surface area contributed by atoms with Crippen LogP contribution in [0.4, 0.5) is 0 Å². The quantitative estimate of drug-likeness (QED) is 0.716. The summed E-state index contributed by atoms with van der Waals surface area (Å²) in [5, 5.41) is 5.85. The number of hydrogen-bond acceptors (Lipinski definition) is 5. The highest BCUT2D eigenvalue weighted by Crippen LogP contribution is 1.93. The van der Waals surface area contributed by atoms with Gasteiger partial charge in [0.1, 0.15) is 5.82 Å². The number of ether oxygens (including phenoxy) is 1. The van der Waals surface area contributed by atoms with Crippen LogP contribution < -0.4 is 10.6 Å². The number of rotatable bonds is 7. The molecule has 0 fully saturated rings. The monoisotopic (exact) mass is 252 g/mol. The highest BCUT2D eigenvalue weighted by Gasteiger charge is 2.06. The number of aryl methyl sites for hydroxylation is 1. The van der Waals surface area contributed by atoms with E-state index in [1.807, 2.05) is 19.9 Å². The molecule has 1 unspecified atom stereocenters. The lowest BCUT2D eigenvalue weighted by molar-refractivity contribution is -0.121. The van der Waals surface area contributed by atoms with Crippen LogP contribution in [0.25, 0.3) is 0 Å². The van der Waals surface area contributed by atoms with Gasteiger partial charge in [-0.2, -0.15) is 0 Å². The molecule has 1 heterocycles. The van der Waals surface area contributed by atoms with Crippen molar-refractivity contribution in [2.45, 2.75) is 26.4 Å². The van der Waals surface area contributed by atoms with Gasteiger partial charge in [-0.05, 0) is 19.9 Å². The molecule has 1 aromatic heterocycles. The lowest BCUT2D eigenvalue weighted by atomic mass is 10.3. The molecule has 0 aliphatic carbocycles. The molecule has 0 aliphatic rings. The highest BCUT2D eigenvalue weighted by atomic mass is 16.5. The molecule has 1 rings (SSSR count). The van der Waals surface area contributed by atoms with Crippen molar-refractivity contribution in [1.82, 2.24) is 20.6 Å². The van der Waals surface area contributed by atoms with Crippen molar-refractivity contribution in [2.24, 2.45) is 0 Å². The molecule has 18 heavy (non-hydrogen) atoms. The maximum atomic E-state index is 11.5. The number of nitrogens with one attached hydrogen (secondary N) is 2. The molecule has 0 saturated heterocycles. The van der Waals surface area contributed by atoms with Crippen LogP contribution in [-0.4, -0.2) is 42.2 Å². The Kier molecular flexibility index (Phi) is 6.24. The first-order chi connectivity index (χ1) is 8.61. The molecule has 0 aromatic carbocycles. The van der Waals surface area contributed by atoms with Crippen LogP contribution in [0.15, 0.2) is 12.3 Å². The molecular formula is C12H20N4O2. The first-order valence-electron chi connectivity index (χ1n) is 5.89. The van der Waals surface area contributed by atoms with E-state index in [4.69, 9.17) is 4.74 Å². The minimum Gasteiger partial charge on any atom is -0.383 e. The van der Waals surface area contributed by atoms with Gasteiger partial charge in [-0.1, -0.05) is 0 Å². The Morgan fingerprint density at radius 1 is 1.56 bits per heavy atom. The van der Waals surface area contributed by atoms with Gasteiger partial charge >= 0.3 is 0 Å². The second kappa shape index (κ2) is 7.73. The molecule has 1 aromatic rings. The molecule has 1 amide bonds. The average molecular weight is 252 g/mol. The van der Waals surface area contributed by atoms with Crippen molar-refractivity contribution in [3.05, 3.63) is 23.8 Å². The lowest BCUT2D eigenvalue weighted by Gasteiger charge is -2.12. The van der Waals surface area contributed by atoms with Crippen LogP contribution in [0.5, 0.6) is 0 Å². The van der Waals surface area contributed by atoms with Crippen LogP contribution in [-0.2, 0) is 16.1 Å². The lowest BCUT2D eigenvalue weighted by Crippen LogP contribution is -2.40. The fourth-order valence-electron chi connectivity index (χ4n) is 1.53. The molecule has 0 bridgehead atoms. The van der Waals surface area contributed by atoms with Crippen molar-refractivity contribution in [3.8, 4) is 0 Å². The third-order valence-electron chi connectivity index (χ3n) is 2.25. The molecule has 100 valence electrons. The van der Waals surface area contributed by atoms with Gasteiger partial charge in [0, 0.05) is 25.9 Å². The molecule has 6 heteroatoms. The summed E-state index contributed by atoms with van der Waals surface area (Å²) < 4.78 is 4.94. The minimum absolute atomic E-state index is 0.0191. The molecular weight excluding hydrogens is 232 g/mol. The van der Waals surface area contributed by atoms with E-state index in [0.29, 0.717) is 13.2 Å². The largest absolute Gasteiger partial charge is 0.383 e. The molecule has 6 nitrogen and oxygen atoms in total. The van der Waals surface area contributed by atoms with E-state index in [-0.39, 0.29) is 18.5 Å². The summed E-state index contributed by atoms with van der Waals surface area (Å²) in [7, 11) is 1.61. The number of carbonyl (C=O) groups is 1. The van der Waals surface area contributed by atoms with Crippen LogP contribution in [0.1, 0.15) is 18.4 Å². The van der Waals surface area contributed by atoms with Gasteiger partial charge < -0.3 is 15.4 Å². The van der Waals surface area contributed by atoms with Crippen molar-refractivity contribution >= 4 is 5.91 Å². The van der Waals surface area contributed by atoms with Crippen molar-refractivity contribution in [2.75, 3.05) is 20.3 Å². The van der Waals surface area contributed by atoms with E-state index in [9.17, 15) is 4.79 Å². The number of hydrogen-bond donors (Lipinski definition) is 2. The number of methoxy groups -OCH3 is 1. The summed E-state index contributed by atoms with van der Waals surface area (Å²) >= 11 is 0. The zero-order chi connectivity index (χ0) is 13.4. The van der Waals surface area contributed by atoms with Gasteiger partial charge in [-0.3, -0.25) is 4.79 Å². The van der Waals surface area contributed by atoms with Crippen LogP contribution >= 0.6 is 0 Å². The number of aromatic nitrogens is 2. The molecule has 0 saturated carbocycles. The van der Waals surface area contributed by atoms with Crippen LogP contribution in [0.2, 0.25) is 0 Å². The Labute approximate surface area is 107 Å². The Bertz CT molecular complexity index is 384. The maximum Gasteiger partial charge on any atom is 0.234 e. The Morgan fingerprint density at radius 3 is 3.00 bits per heavy atom. The fraction of sp³-hybridized carbons (Fsp3) is 0.583. The summed E-state index contributed by atoms with van der Waals surface area (Å²) in [5.74, 6) is 0.679. The van der Waals surface area contributed by atoms with Gasteiger partial charge in [0.05, 0.1) is 18.8 Å². The molecule has 1 atom stereocenters. The number of carbonyl (C=O) groups excluding carboxylic acids is 1. The predicted octanol–water partition coefficient (Wildman–Crippen LogP) is 0.0257. The maximum absolute atomic E-state index is 11.5. The van der Waals surface area contributed by atoms with Gasteiger partial charge in [0.25, 0.3) is 0 Å². The van der Waals surface area contributed by atoms with Gasteiger partial charge in [0.2, 0.25) is 5.91 Å². The summed E-state index contributed by atoms with van der Waals surface area (Å²) in [6.07, 6.45) is 1.71. The zero-order valence-corrected chi connectivity index (χ0v) is 11.1. The summed E-state index contributed by atoms with van der Waals surface area (Å²) in [4.78, 5) is 19.8. The van der Waals surface area contributed by atoms with Crippen molar-refractivity contribution in [3.63, 3.8) is 0 Å².